The fraction of sp³-hybridized carbons (Fsp3) is 0.938. The summed E-state index contributed by atoms with van der Waals surface area (Å²) in [4.78, 5) is 16.9. The first-order valence-corrected chi connectivity index (χ1v) is 8.39. The number of likely N-dealkylation sites (tertiary alicyclic amines) is 1. The maximum atomic E-state index is 12.6. The lowest BCUT2D eigenvalue weighted by molar-refractivity contribution is -0.167. The number of nitrogens with zero attached hydrogens (tertiary/aromatic N) is 2. The van der Waals surface area contributed by atoms with E-state index in [2.05, 4.69) is 4.90 Å². The second kappa shape index (κ2) is 6.43. The van der Waals surface area contributed by atoms with Gasteiger partial charge in [-0.25, -0.2) is 0 Å². The molecule has 1 amide bonds. The van der Waals surface area contributed by atoms with E-state index in [1.54, 1.807) is 12.0 Å². The highest BCUT2D eigenvalue weighted by molar-refractivity contribution is 5.78. The van der Waals surface area contributed by atoms with Crippen molar-refractivity contribution < 1.29 is 19.4 Å². The molecule has 1 N–H and O–H groups in total. The van der Waals surface area contributed by atoms with Crippen LogP contribution in [0.1, 0.15) is 32.1 Å². The topological polar surface area (TPSA) is 62.2 Å². The Bertz CT molecular complexity index is 397. The second-order valence-electron chi connectivity index (χ2n) is 7.11. The molecule has 3 aliphatic rings. The summed E-state index contributed by atoms with van der Waals surface area (Å²) in [5, 5.41) is 10.2. The van der Waals surface area contributed by atoms with Gasteiger partial charge in [0.1, 0.15) is 5.60 Å². The van der Waals surface area contributed by atoms with Crippen molar-refractivity contribution in [3.63, 3.8) is 0 Å². The van der Waals surface area contributed by atoms with Crippen molar-refractivity contribution in [2.75, 3.05) is 53.1 Å². The molecular formula is C16H28N2O4. The lowest BCUT2D eigenvalue weighted by atomic mass is 9.87. The zero-order chi connectivity index (χ0) is 15.6. The van der Waals surface area contributed by atoms with E-state index in [0.717, 1.165) is 39.1 Å². The normalized spacial score (nSPS) is 27.6. The number of morpholine rings is 1. The highest BCUT2D eigenvalue weighted by Gasteiger charge is 2.47. The van der Waals surface area contributed by atoms with Crippen LogP contribution in [0.2, 0.25) is 0 Å². The highest BCUT2D eigenvalue weighted by atomic mass is 16.5. The number of β-amino-alcohol motifs (C(OH)–C–C–N with tert-alkyl or cyclic N) is 1. The molecule has 3 rings (SSSR count). The van der Waals surface area contributed by atoms with E-state index in [1.165, 1.54) is 12.8 Å². The number of carbonyl (C=O) groups is 1. The molecule has 0 spiro atoms. The lowest BCUT2D eigenvalue weighted by Gasteiger charge is -2.49. The Kier molecular flexibility index (Phi) is 4.73. The first-order chi connectivity index (χ1) is 10.6. The average Bonchev–Trinajstić information content (AvgIpc) is 2.95. The van der Waals surface area contributed by atoms with Gasteiger partial charge in [0.25, 0.3) is 0 Å². The summed E-state index contributed by atoms with van der Waals surface area (Å²) >= 11 is 0. The molecule has 0 unspecified atom stereocenters. The molecule has 3 fully saturated rings. The van der Waals surface area contributed by atoms with Crippen LogP contribution in [-0.4, -0.2) is 85.1 Å². The summed E-state index contributed by atoms with van der Waals surface area (Å²) in [6.07, 6.45) is 5.20. The standard InChI is InChI=1S/C16H28N2O4/c1-21-13-16(20)11-17(12-16)14(19)10-15(4-2-3-5-15)18-6-8-22-9-7-18/h20H,2-13H2,1H3. The Morgan fingerprint density at radius 3 is 2.45 bits per heavy atom. The quantitative estimate of drug-likeness (QED) is 0.788. The van der Waals surface area contributed by atoms with Crippen LogP contribution < -0.4 is 0 Å². The minimum absolute atomic E-state index is 0.0236. The second-order valence-corrected chi connectivity index (χ2v) is 7.11. The molecule has 1 saturated carbocycles. The van der Waals surface area contributed by atoms with Gasteiger partial charge in [-0.1, -0.05) is 12.8 Å². The minimum atomic E-state index is -0.841. The van der Waals surface area contributed by atoms with Gasteiger partial charge in [-0.15, -0.1) is 0 Å². The third-order valence-electron chi connectivity index (χ3n) is 5.43. The first-order valence-electron chi connectivity index (χ1n) is 8.39. The molecule has 2 aliphatic heterocycles. The van der Waals surface area contributed by atoms with Crippen LogP contribution in [0.5, 0.6) is 0 Å². The molecule has 6 heteroatoms. The predicted molar refractivity (Wildman–Crippen MR) is 81.6 cm³/mol. The molecule has 0 radical (unpaired) electrons. The minimum Gasteiger partial charge on any atom is -0.384 e. The van der Waals surface area contributed by atoms with E-state index < -0.39 is 5.60 Å². The summed E-state index contributed by atoms with van der Waals surface area (Å²) < 4.78 is 10.5. The predicted octanol–water partition coefficient (Wildman–Crippen LogP) is 0.241. The number of hydrogen-bond acceptors (Lipinski definition) is 5. The molecular weight excluding hydrogens is 284 g/mol. The number of aliphatic hydroxyl groups is 1. The van der Waals surface area contributed by atoms with Gasteiger partial charge in [0.15, 0.2) is 0 Å². The van der Waals surface area contributed by atoms with Crippen LogP contribution in [0.4, 0.5) is 0 Å². The van der Waals surface area contributed by atoms with Crippen molar-refractivity contribution in [2.24, 2.45) is 0 Å². The van der Waals surface area contributed by atoms with Gasteiger partial charge in [-0.3, -0.25) is 9.69 Å². The van der Waals surface area contributed by atoms with Gasteiger partial charge >= 0.3 is 0 Å². The molecule has 2 heterocycles. The number of ether oxygens (including phenoxy) is 2. The zero-order valence-electron chi connectivity index (χ0n) is 13.6. The van der Waals surface area contributed by atoms with E-state index in [4.69, 9.17) is 9.47 Å². The maximum absolute atomic E-state index is 12.6. The molecule has 126 valence electrons. The van der Waals surface area contributed by atoms with E-state index in [9.17, 15) is 9.90 Å². The maximum Gasteiger partial charge on any atom is 0.224 e. The summed E-state index contributed by atoms with van der Waals surface area (Å²) in [5.41, 5.74) is -0.817. The zero-order valence-corrected chi connectivity index (χ0v) is 13.6. The van der Waals surface area contributed by atoms with Crippen LogP contribution in [0.15, 0.2) is 0 Å². The van der Waals surface area contributed by atoms with Crippen molar-refractivity contribution >= 4 is 5.91 Å². The van der Waals surface area contributed by atoms with E-state index >= 15 is 0 Å². The Morgan fingerprint density at radius 1 is 1.23 bits per heavy atom. The highest BCUT2D eigenvalue weighted by Crippen LogP contribution is 2.39. The number of hydrogen-bond donors (Lipinski definition) is 1. The van der Waals surface area contributed by atoms with Gasteiger partial charge in [0.2, 0.25) is 5.91 Å². The SMILES string of the molecule is COCC1(O)CN(C(=O)CC2(N3CCOCC3)CCCC2)C1. The molecule has 22 heavy (non-hydrogen) atoms. The summed E-state index contributed by atoms with van der Waals surface area (Å²) in [5.74, 6) is 0.175. The first kappa shape index (κ1) is 16.2. The summed E-state index contributed by atoms with van der Waals surface area (Å²) in [6, 6.07) is 0. The number of methoxy groups -OCH3 is 1. The Morgan fingerprint density at radius 2 is 1.86 bits per heavy atom. The van der Waals surface area contributed by atoms with Crippen molar-refractivity contribution in [1.82, 2.24) is 9.80 Å². The van der Waals surface area contributed by atoms with E-state index in [-0.39, 0.29) is 11.4 Å². The van der Waals surface area contributed by atoms with Gasteiger partial charge in [-0.05, 0) is 12.8 Å². The van der Waals surface area contributed by atoms with Crippen LogP contribution in [0.3, 0.4) is 0 Å². The average molecular weight is 312 g/mol. The van der Waals surface area contributed by atoms with E-state index in [1.807, 2.05) is 0 Å². The monoisotopic (exact) mass is 312 g/mol. The third kappa shape index (κ3) is 3.15. The van der Waals surface area contributed by atoms with Crippen molar-refractivity contribution in [3.8, 4) is 0 Å². The van der Waals surface area contributed by atoms with Gasteiger partial charge < -0.3 is 19.5 Å². The van der Waals surface area contributed by atoms with Crippen molar-refractivity contribution in [3.05, 3.63) is 0 Å². The largest absolute Gasteiger partial charge is 0.384 e. The van der Waals surface area contributed by atoms with E-state index in [0.29, 0.717) is 26.1 Å². The third-order valence-corrected chi connectivity index (χ3v) is 5.43. The molecule has 2 saturated heterocycles. The lowest BCUT2D eigenvalue weighted by Crippen LogP contribution is -2.66. The Labute approximate surface area is 132 Å². The van der Waals surface area contributed by atoms with Gasteiger partial charge in [0.05, 0.1) is 32.9 Å². The van der Waals surface area contributed by atoms with Gasteiger partial charge in [-0.2, -0.15) is 0 Å². The van der Waals surface area contributed by atoms with Crippen LogP contribution in [0, 0.1) is 0 Å². The van der Waals surface area contributed by atoms with Gasteiger partial charge in [0, 0.05) is 32.2 Å². The fourth-order valence-electron chi connectivity index (χ4n) is 4.27. The fourth-order valence-corrected chi connectivity index (χ4v) is 4.27. The molecule has 0 bridgehead atoms. The Hall–Kier alpha value is -0.690. The number of carbonyl (C=O) groups excluding carboxylic acids is 1. The number of rotatable bonds is 5. The Balaban J connectivity index is 1.59. The smallest absolute Gasteiger partial charge is 0.224 e. The van der Waals surface area contributed by atoms with Crippen LogP contribution in [0.25, 0.3) is 0 Å². The summed E-state index contributed by atoms with van der Waals surface area (Å²) in [6.45, 7) is 4.51. The molecule has 1 aliphatic carbocycles. The van der Waals surface area contributed by atoms with Crippen LogP contribution in [-0.2, 0) is 14.3 Å². The van der Waals surface area contributed by atoms with Crippen molar-refractivity contribution in [1.29, 1.82) is 0 Å². The van der Waals surface area contributed by atoms with Crippen molar-refractivity contribution in [2.45, 2.75) is 43.2 Å². The molecule has 0 atom stereocenters. The molecule has 0 aromatic heterocycles. The number of amides is 1. The molecule has 6 nitrogen and oxygen atoms in total. The van der Waals surface area contributed by atoms with Crippen LogP contribution >= 0.6 is 0 Å². The summed E-state index contributed by atoms with van der Waals surface area (Å²) in [7, 11) is 1.58. The molecule has 0 aromatic carbocycles. The molecule has 0 aromatic rings.